The Bertz CT molecular complexity index is 499. The van der Waals surface area contributed by atoms with E-state index in [4.69, 9.17) is 0 Å². The van der Waals surface area contributed by atoms with E-state index in [9.17, 15) is 4.39 Å². The SMILES string of the molecule is CC(C)(C)C(CF)Cc1ccc(-n2cnnn2)cc1. The molecule has 5 heteroatoms. The number of tetrazole rings is 1. The number of alkyl halides is 1. The topological polar surface area (TPSA) is 43.6 Å². The molecule has 1 heterocycles. The van der Waals surface area contributed by atoms with Crippen LogP contribution in [0.1, 0.15) is 26.3 Å². The van der Waals surface area contributed by atoms with Gasteiger partial charge in [0.1, 0.15) is 6.33 Å². The highest BCUT2D eigenvalue weighted by atomic mass is 19.1. The lowest BCUT2D eigenvalue weighted by atomic mass is 9.78. The number of benzene rings is 1. The van der Waals surface area contributed by atoms with E-state index in [0.717, 1.165) is 17.7 Å². The maximum absolute atomic E-state index is 13.1. The molecule has 0 N–H and O–H groups in total. The van der Waals surface area contributed by atoms with E-state index < -0.39 is 0 Å². The summed E-state index contributed by atoms with van der Waals surface area (Å²) in [6.45, 7) is 5.93. The first-order valence-corrected chi connectivity index (χ1v) is 6.39. The van der Waals surface area contributed by atoms with E-state index in [-0.39, 0.29) is 18.0 Å². The van der Waals surface area contributed by atoms with Crippen molar-refractivity contribution in [2.24, 2.45) is 11.3 Å². The van der Waals surface area contributed by atoms with Crippen molar-refractivity contribution in [2.75, 3.05) is 6.67 Å². The largest absolute Gasteiger partial charge is 0.251 e. The molecule has 0 aliphatic rings. The third-order valence-corrected chi connectivity index (χ3v) is 3.44. The molecule has 0 aliphatic carbocycles. The second-order valence-corrected chi connectivity index (χ2v) is 5.84. The quantitative estimate of drug-likeness (QED) is 0.851. The van der Waals surface area contributed by atoms with Crippen LogP contribution >= 0.6 is 0 Å². The zero-order chi connectivity index (χ0) is 13.9. The number of nitrogens with zero attached hydrogens (tertiary/aromatic N) is 4. The molecule has 0 bridgehead atoms. The van der Waals surface area contributed by atoms with E-state index in [1.807, 2.05) is 24.3 Å². The highest BCUT2D eigenvalue weighted by Crippen LogP contribution is 2.29. The molecular weight excluding hydrogens is 243 g/mol. The summed E-state index contributed by atoms with van der Waals surface area (Å²) >= 11 is 0. The molecule has 0 radical (unpaired) electrons. The molecule has 1 aromatic carbocycles. The molecule has 2 aromatic rings. The number of aromatic nitrogens is 4. The molecule has 2 rings (SSSR count). The van der Waals surface area contributed by atoms with Crippen molar-refractivity contribution in [1.29, 1.82) is 0 Å². The lowest BCUT2D eigenvalue weighted by Crippen LogP contribution is -2.24. The smallest absolute Gasteiger partial charge is 0.143 e. The van der Waals surface area contributed by atoms with Gasteiger partial charge in [-0.25, -0.2) is 4.68 Å². The fourth-order valence-electron chi connectivity index (χ4n) is 1.94. The molecule has 0 saturated heterocycles. The van der Waals surface area contributed by atoms with Crippen molar-refractivity contribution in [3.63, 3.8) is 0 Å². The molecule has 0 saturated carbocycles. The van der Waals surface area contributed by atoms with Gasteiger partial charge in [0.15, 0.2) is 0 Å². The summed E-state index contributed by atoms with van der Waals surface area (Å²) in [6.07, 6.45) is 2.30. The third-order valence-electron chi connectivity index (χ3n) is 3.44. The fourth-order valence-corrected chi connectivity index (χ4v) is 1.94. The summed E-state index contributed by atoms with van der Waals surface area (Å²) in [5.41, 5.74) is 2.01. The van der Waals surface area contributed by atoms with Crippen LogP contribution in [0.2, 0.25) is 0 Å². The molecule has 1 unspecified atom stereocenters. The first-order chi connectivity index (χ1) is 9.00. The Morgan fingerprint density at radius 3 is 2.37 bits per heavy atom. The Balaban J connectivity index is 2.11. The van der Waals surface area contributed by atoms with Crippen LogP contribution in [-0.2, 0) is 6.42 Å². The Labute approximate surface area is 112 Å². The van der Waals surface area contributed by atoms with Gasteiger partial charge in [0, 0.05) is 0 Å². The fraction of sp³-hybridized carbons (Fsp3) is 0.500. The van der Waals surface area contributed by atoms with Gasteiger partial charge in [0.2, 0.25) is 0 Å². The van der Waals surface area contributed by atoms with Crippen LogP contribution in [0.3, 0.4) is 0 Å². The maximum atomic E-state index is 13.1. The maximum Gasteiger partial charge on any atom is 0.143 e. The average molecular weight is 262 g/mol. The van der Waals surface area contributed by atoms with Crippen LogP contribution in [0.25, 0.3) is 5.69 Å². The lowest BCUT2D eigenvalue weighted by Gasteiger charge is -2.28. The van der Waals surface area contributed by atoms with Crippen molar-refractivity contribution in [1.82, 2.24) is 20.2 Å². The van der Waals surface area contributed by atoms with Gasteiger partial charge in [-0.05, 0) is 45.9 Å². The first kappa shape index (κ1) is 13.6. The zero-order valence-electron chi connectivity index (χ0n) is 11.5. The highest BCUT2D eigenvalue weighted by molar-refractivity contribution is 5.33. The summed E-state index contributed by atoms with van der Waals surface area (Å²) in [6, 6.07) is 7.91. The van der Waals surface area contributed by atoms with Gasteiger partial charge in [0.05, 0.1) is 12.4 Å². The second kappa shape index (κ2) is 5.47. The van der Waals surface area contributed by atoms with E-state index in [0.29, 0.717) is 0 Å². The number of rotatable bonds is 4. The van der Waals surface area contributed by atoms with Gasteiger partial charge in [-0.2, -0.15) is 0 Å². The normalized spacial score (nSPS) is 13.5. The van der Waals surface area contributed by atoms with Gasteiger partial charge in [-0.15, -0.1) is 5.10 Å². The van der Waals surface area contributed by atoms with Gasteiger partial charge in [0.25, 0.3) is 0 Å². The molecule has 0 amide bonds. The van der Waals surface area contributed by atoms with Crippen LogP contribution in [0.4, 0.5) is 4.39 Å². The average Bonchev–Trinajstić information content (AvgIpc) is 2.89. The highest BCUT2D eigenvalue weighted by Gasteiger charge is 2.24. The lowest BCUT2D eigenvalue weighted by molar-refractivity contribution is 0.190. The molecule has 0 aliphatic heterocycles. The Hall–Kier alpha value is -1.78. The molecule has 0 fully saturated rings. The monoisotopic (exact) mass is 262 g/mol. The van der Waals surface area contributed by atoms with Gasteiger partial charge in [-0.3, -0.25) is 4.39 Å². The molecule has 1 aromatic heterocycles. The van der Waals surface area contributed by atoms with E-state index in [2.05, 4.69) is 36.3 Å². The van der Waals surface area contributed by atoms with Crippen molar-refractivity contribution in [3.05, 3.63) is 36.2 Å². The number of hydrogen-bond acceptors (Lipinski definition) is 3. The molecule has 0 spiro atoms. The van der Waals surface area contributed by atoms with Gasteiger partial charge in [-0.1, -0.05) is 32.9 Å². The van der Waals surface area contributed by atoms with Crippen LogP contribution in [0.15, 0.2) is 30.6 Å². The molecular formula is C14H19FN4. The van der Waals surface area contributed by atoms with Crippen molar-refractivity contribution >= 4 is 0 Å². The summed E-state index contributed by atoms with van der Waals surface area (Å²) in [7, 11) is 0. The van der Waals surface area contributed by atoms with E-state index in [1.54, 1.807) is 11.0 Å². The van der Waals surface area contributed by atoms with Crippen LogP contribution in [0, 0.1) is 11.3 Å². The van der Waals surface area contributed by atoms with Crippen LogP contribution in [-0.4, -0.2) is 26.9 Å². The molecule has 4 nitrogen and oxygen atoms in total. The predicted molar refractivity (Wildman–Crippen MR) is 71.8 cm³/mol. The Kier molecular flexibility index (Phi) is 3.93. The molecule has 102 valence electrons. The van der Waals surface area contributed by atoms with E-state index >= 15 is 0 Å². The minimum absolute atomic E-state index is 0.0246. The summed E-state index contributed by atoms with van der Waals surface area (Å²) < 4.78 is 14.7. The summed E-state index contributed by atoms with van der Waals surface area (Å²) in [5.74, 6) is 0.0337. The number of hydrogen-bond donors (Lipinski definition) is 0. The predicted octanol–water partition coefficient (Wildman–Crippen LogP) is 2.84. The van der Waals surface area contributed by atoms with Crippen molar-refractivity contribution in [3.8, 4) is 5.69 Å². The first-order valence-electron chi connectivity index (χ1n) is 6.39. The minimum Gasteiger partial charge on any atom is -0.251 e. The Morgan fingerprint density at radius 1 is 1.21 bits per heavy atom. The van der Waals surface area contributed by atoms with Crippen LogP contribution in [0.5, 0.6) is 0 Å². The minimum atomic E-state index is -0.293. The zero-order valence-corrected chi connectivity index (χ0v) is 11.5. The third kappa shape index (κ3) is 3.36. The second-order valence-electron chi connectivity index (χ2n) is 5.84. The van der Waals surface area contributed by atoms with Gasteiger partial charge < -0.3 is 0 Å². The van der Waals surface area contributed by atoms with Crippen LogP contribution < -0.4 is 0 Å². The van der Waals surface area contributed by atoms with Gasteiger partial charge >= 0.3 is 0 Å². The Morgan fingerprint density at radius 2 is 1.89 bits per heavy atom. The standard InChI is InChI=1S/C14H19FN4/c1-14(2,3)12(9-15)8-11-4-6-13(7-5-11)19-10-16-17-18-19/h4-7,10,12H,8-9H2,1-3H3. The summed E-state index contributed by atoms with van der Waals surface area (Å²) in [5, 5.41) is 11.0. The summed E-state index contributed by atoms with van der Waals surface area (Å²) in [4.78, 5) is 0. The van der Waals surface area contributed by atoms with E-state index in [1.165, 1.54) is 0 Å². The molecule has 19 heavy (non-hydrogen) atoms. The molecule has 1 atom stereocenters. The van der Waals surface area contributed by atoms with Crippen molar-refractivity contribution in [2.45, 2.75) is 27.2 Å². The van der Waals surface area contributed by atoms with Crippen molar-refractivity contribution < 1.29 is 4.39 Å². The number of halogens is 1.